The number of ether oxygens (including phenoxy) is 1. The average molecular weight is 562 g/mol. The molecule has 2 N–H and O–H groups in total. The first-order valence-corrected chi connectivity index (χ1v) is 15.2. The lowest BCUT2D eigenvalue weighted by Crippen LogP contribution is -2.29. The van der Waals surface area contributed by atoms with Crippen LogP contribution in [-0.4, -0.2) is 44.7 Å². The van der Waals surface area contributed by atoms with Crippen molar-refractivity contribution in [1.29, 1.82) is 0 Å². The number of thioether (sulfide) groups is 1. The monoisotopic (exact) mass is 561 g/mol. The van der Waals surface area contributed by atoms with Gasteiger partial charge in [0.1, 0.15) is 0 Å². The third kappa shape index (κ3) is 5.37. The Balaban J connectivity index is 1.54. The van der Waals surface area contributed by atoms with Crippen LogP contribution in [0, 0.1) is 19.8 Å². The summed E-state index contributed by atoms with van der Waals surface area (Å²) in [6.45, 7) is 6.35. The highest BCUT2D eigenvalue weighted by Crippen LogP contribution is 2.39. The predicted octanol–water partition coefficient (Wildman–Crippen LogP) is 5.77. The number of hydrogen-bond acceptors (Lipinski definition) is 5. The number of aromatic amines is 1. The number of fused-ring (bicyclic) bond motifs is 1. The first-order valence-electron chi connectivity index (χ1n) is 13.9. The van der Waals surface area contributed by atoms with E-state index >= 15 is 0 Å². The lowest BCUT2D eigenvalue weighted by molar-refractivity contribution is 0.0492. The smallest absolute Gasteiger partial charge is 0.254 e. The van der Waals surface area contributed by atoms with Crippen LogP contribution in [0.5, 0.6) is 0 Å². The molecule has 1 saturated carbocycles. The van der Waals surface area contributed by atoms with Crippen LogP contribution < -0.4 is 10.9 Å². The Morgan fingerprint density at radius 2 is 1.95 bits per heavy atom. The van der Waals surface area contributed by atoms with E-state index in [1.165, 1.54) is 11.8 Å². The number of hydrogen-bond donors (Lipinski definition) is 2. The van der Waals surface area contributed by atoms with Gasteiger partial charge in [0.2, 0.25) is 0 Å². The number of nitrogens with zero attached hydrogens (tertiary/aromatic N) is 3. The molecule has 0 bridgehead atoms. The number of carbonyl (C=O) groups excluding carboxylic acids is 1. The molecule has 3 heterocycles. The van der Waals surface area contributed by atoms with E-state index in [0.717, 1.165) is 64.0 Å². The minimum absolute atomic E-state index is 0.162. The SMILES string of the molecule is COC1CCC(C(C)n2c(C)c(C(=O)NCc3c(SC)cc(C)[nH]c3=O)c3cc(-c4cnn(C)c4)ccc32)CC1. The van der Waals surface area contributed by atoms with Crippen LogP contribution >= 0.6 is 11.8 Å². The molecule has 0 radical (unpaired) electrons. The van der Waals surface area contributed by atoms with Gasteiger partial charge < -0.3 is 19.6 Å². The average Bonchev–Trinajstić information content (AvgIpc) is 3.51. The van der Waals surface area contributed by atoms with E-state index < -0.39 is 0 Å². The molecule has 1 aliphatic carbocycles. The molecule has 1 amide bonds. The zero-order valence-corrected chi connectivity index (χ0v) is 25.0. The molecule has 0 spiro atoms. The molecular formula is C31H39N5O3S. The number of benzene rings is 1. The highest BCUT2D eigenvalue weighted by molar-refractivity contribution is 7.98. The summed E-state index contributed by atoms with van der Waals surface area (Å²) in [5, 5.41) is 8.32. The van der Waals surface area contributed by atoms with Gasteiger partial charge in [-0.1, -0.05) is 6.07 Å². The number of amides is 1. The van der Waals surface area contributed by atoms with E-state index in [9.17, 15) is 9.59 Å². The standard InChI is InChI=1S/C31H39N5O3S/c1-18-13-28(40-6)26(30(37)34-18)16-32-31(38)29-20(3)36(19(2)21-7-10-24(39-5)11-8-21)27-12-9-22(14-25(27)29)23-15-33-35(4)17-23/h9,12-15,17,19,21,24H,7-8,10-11,16H2,1-6H3,(H,32,38)(H,34,37). The number of H-pyrrole nitrogens is 1. The van der Waals surface area contributed by atoms with Crippen LogP contribution in [-0.2, 0) is 18.3 Å². The molecule has 40 heavy (non-hydrogen) atoms. The molecule has 5 rings (SSSR count). The van der Waals surface area contributed by atoms with Crippen molar-refractivity contribution in [2.24, 2.45) is 13.0 Å². The fourth-order valence-corrected chi connectivity index (χ4v) is 7.02. The van der Waals surface area contributed by atoms with Crippen molar-refractivity contribution >= 4 is 28.6 Å². The van der Waals surface area contributed by atoms with E-state index in [0.29, 0.717) is 23.1 Å². The second-order valence-corrected chi connectivity index (χ2v) is 11.8. The summed E-state index contributed by atoms with van der Waals surface area (Å²) in [7, 11) is 3.70. The number of carbonyl (C=O) groups is 1. The van der Waals surface area contributed by atoms with Gasteiger partial charge in [0.15, 0.2) is 0 Å². The number of pyridine rings is 1. The molecule has 1 fully saturated rings. The highest BCUT2D eigenvalue weighted by atomic mass is 32.2. The maximum Gasteiger partial charge on any atom is 0.254 e. The quantitative estimate of drug-likeness (QED) is 0.267. The van der Waals surface area contributed by atoms with Crippen molar-refractivity contribution in [3.63, 3.8) is 0 Å². The van der Waals surface area contributed by atoms with Crippen molar-refractivity contribution in [2.75, 3.05) is 13.4 Å². The maximum atomic E-state index is 13.9. The van der Waals surface area contributed by atoms with Crippen molar-refractivity contribution < 1.29 is 9.53 Å². The molecule has 0 aliphatic heterocycles. The lowest BCUT2D eigenvalue weighted by atomic mass is 9.83. The minimum Gasteiger partial charge on any atom is -0.381 e. The molecule has 0 saturated heterocycles. The fraction of sp³-hybridized carbons (Fsp3) is 0.452. The van der Waals surface area contributed by atoms with E-state index in [4.69, 9.17) is 4.74 Å². The third-order valence-corrected chi connectivity index (χ3v) is 9.34. The zero-order valence-electron chi connectivity index (χ0n) is 24.2. The Kier molecular flexibility index (Phi) is 8.24. The molecule has 1 aromatic carbocycles. The van der Waals surface area contributed by atoms with Gasteiger partial charge in [-0.25, -0.2) is 0 Å². The van der Waals surface area contributed by atoms with Gasteiger partial charge in [0, 0.05) is 71.3 Å². The molecule has 8 nitrogen and oxygen atoms in total. The normalized spacial score (nSPS) is 18.2. The second-order valence-electron chi connectivity index (χ2n) is 11.0. The lowest BCUT2D eigenvalue weighted by Gasteiger charge is -2.33. The van der Waals surface area contributed by atoms with Crippen LogP contribution in [0.2, 0.25) is 0 Å². The molecule has 4 aromatic rings. The Hall–Kier alpha value is -3.30. The Labute approximate surface area is 239 Å². The number of aryl methyl sites for hydroxylation is 2. The predicted molar refractivity (Wildman–Crippen MR) is 161 cm³/mol. The summed E-state index contributed by atoms with van der Waals surface area (Å²) in [5.74, 6) is 0.330. The van der Waals surface area contributed by atoms with Crippen LogP contribution in [0.15, 0.2) is 46.3 Å². The Morgan fingerprint density at radius 3 is 2.60 bits per heavy atom. The molecule has 3 aromatic heterocycles. The molecule has 1 unspecified atom stereocenters. The minimum atomic E-state index is -0.174. The number of rotatable bonds is 8. The van der Waals surface area contributed by atoms with Crippen LogP contribution in [0.1, 0.15) is 66.0 Å². The van der Waals surface area contributed by atoms with Gasteiger partial charge in [-0.15, -0.1) is 11.8 Å². The first kappa shape index (κ1) is 28.2. The molecule has 212 valence electrons. The molecular weight excluding hydrogens is 522 g/mol. The van der Waals surface area contributed by atoms with Gasteiger partial charge >= 0.3 is 0 Å². The Morgan fingerprint density at radius 1 is 1.20 bits per heavy atom. The largest absolute Gasteiger partial charge is 0.381 e. The zero-order chi connectivity index (χ0) is 28.6. The number of aromatic nitrogens is 4. The topological polar surface area (TPSA) is 93.9 Å². The Bertz CT molecular complexity index is 1590. The molecule has 1 aliphatic rings. The molecule has 9 heteroatoms. The van der Waals surface area contributed by atoms with Crippen LogP contribution in [0.25, 0.3) is 22.0 Å². The summed E-state index contributed by atoms with van der Waals surface area (Å²) >= 11 is 1.51. The van der Waals surface area contributed by atoms with Gasteiger partial charge in [-0.05, 0) is 82.4 Å². The van der Waals surface area contributed by atoms with Gasteiger partial charge in [-0.2, -0.15) is 5.10 Å². The summed E-state index contributed by atoms with van der Waals surface area (Å²) in [4.78, 5) is 30.4. The van der Waals surface area contributed by atoms with Gasteiger partial charge in [0.25, 0.3) is 11.5 Å². The van der Waals surface area contributed by atoms with E-state index in [2.05, 4.69) is 45.1 Å². The van der Waals surface area contributed by atoms with Crippen LogP contribution in [0.4, 0.5) is 0 Å². The first-order chi connectivity index (χ1) is 19.2. The van der Waals surface area contributed by atoms with E-state index in [1.54, 1.807) is 11.8 Å². The summed E-state index contributed by atoms with van der Waals surface area (Å²) < 4.78 is 9.74. The van der Waals surface area contributed by atoms with Gasteiger partial charge in [0.05, 0.1) is 17.9 Å². The van der Waals surface area contributed by atoms with Crippen LogP contribution in [0.3, 0.4) is 0 Å². The second kappa shape index (κ2) is 11.7. The number of methoxy groups -OCH3 is 1. The summed E-state index contributed by atoms with van der Waals surface area (Å²) in [6.07, 6.45) is 10.4. The third-order valence-electron chi connectivity index (χ3n) is 8.53. The van der Waals surface area contributed by atoms with Crippen molar-refractivity contribution in [1.82, 2.24) is 24.6 Å². The maximum absolute atomic E-state index is 13.9. The molecule has 1 atom stereocenters. The van der Waals surface area contributed by atoms with Gasteiger partial charge in [-0.3, -0.25) is 14.3 Å². The number of nitrogens with one attached hydrogen (secondary N) is 2. The summed E-state index contributed by atoms with van der Waals surface area (Å²) in [5.41, 5.74) is 5.89. The van der Waals surface area contributed by atoms with Crippen molar-refractivity contribution in [3.8, 4) is 11.1 Å². The summed E-state index contributed by atoms with van der Waals surface area (Å²) in [6, 6.07) is 8.53. The van der Waals surface area contributed by atoms with Crippen molar-refractivity contribution in [2.45, 2.75) is 70.0 Å². The highest BCUT2D eigenvalue weighted by Gasteiger charge is 2.30. The fourth-order valence-electron chi connectivity index (χ4n) is 6.31. The van der Waals surface area contributed by atoms with Crippen molar-refractivity contribution in [3.05, 3.63) is 69.5 Å². The van der Waals surface area contributed by atoms with E-state index in [1.807, 2.05) is 45.6 Å². The van der Waals surface area contributed by atoms with E-state index in [-0.39, 0.29) is 24.1 Å².